The molecule has 6 rings (SSSR count). The molecule has 36 heavy (non-hydrogen) atoms. The molecule has 1 aromatic heterocycles. The second kappa shape index (κ2) is 8.92. The van der Waals surface area contributed by atoms with Crippen LogP contribution < -0.4 is 10.9 Å². The molecule has 4 aliphatic rings. The lowest BCUT2D eigenvalue weighted by Crippen LogP contribution is -2.63. The third-order valence-electron chi connectivity index (χ3n) is 7.93. The number of esters is 2. The monoisotopic (exact) mass is 515 g/mol. The van der Waals surface area contributed by atoms with E-state index >= 15 is 0 Å². The van der Waals surface area contributed by atoms with E-state index in [1.165, 1.54) is 43.3 Å². The highest BCUT2D eigenvalue weighted by Gasteiger charge is 2.61. The predicted octanol–water partition coefficient (Wildman–Crippen LogP) is 3.45. The molecule has 0 aliphatic heterocycles. The van der Waals surface area contributed by atoms with Gasteiger partial charge < -0.3 is 19.9 Å². The number of hydrogen-bond acceptors (Lipinski definition) is 8. The van der Waals surface area contributed by atoms with Crippen LogP contribution in [0, 0.1) is 23.7 Å². The molecular formula is C25H26ClN3O7. The Hall–Kier alpha value is -3.40. The Balaban J connectivity index is 1.53. The lowest BCUT2D eigenvalue weighted by molar-refractivity contribution is -0.168. The van der Waals surface area contributed by atoms with Crippen molar-refractivity contribution in [1.82, 2.24) is 9.78 Å². The van der Waals surface area contributed by atoms with Crippen molar-refractivity contribution in [3.05, 3.63) is 50.9 Å². The van der Waals surface area contributed by atoms with Crippen LogP contribution in [0.4, 0.5) is 11.4 Å². The Morgan fingerprint density at radius 1 is 1.06 bits per heavy atom. The molecule has 0 amide bonds. The summed E-state index contributed by atoms with van der Waals surface area (Å²) >= 11 is 6.51. The Morgan fingerprint density at radius 3 is 2.17 bits per heavy atom. The van der Waals surface area contributed by atoms with Gasteiger partial charge in [0, 0.05) is 5.69 Å². The van der Waals surface area contributed by atoms with E-state index < -0.39 is 34.9 Å². The standard InChI is InChI=1S/C25H26ClN3O7/c1-35-23(33)15-6-16(24(34)36-2)8-17(7-15)28-18-11-27-29(21(30)20(18)26)25-9-12-3-13(10-25)5-14(4-12)19(25)22(31)32/h6-8,11-14,19,28H,3-5,9-10H2,1-2H3,(H,31,32). The number of aliphatic carboxylic acids is 1. The van der Waals surface area contributed by atoms with Gasteiger partial charge in [-0.3, -0.25) is 9.59 Å². The van der Waals surface area contributed by atoms with Crippen molar-refractivity contribution >= 4 is 40.9 Å². The average Bonchev–Trinajstić information content (AvgIpc) is 2.84. The van der Waals surface area contributed by atoms with E-state index in [4.69, 9.17) is 21.1 Å². The van der Waals surface area contributed by atoms with Crippen LogP contribution in [0.25, 0.3) is 0 Å². The summed E-state index contributed by atoms with van der Waals surface area (Å²) in [6, 6.07) is 4.22. The molecule has 4 fully saturated rings. The fourth-order valence-corrected chi connectivity index (χ4v) is 7.07. The SMILES string of the molecule is COC(=O)c1cc(Nc2cnn(C34CC5CC(CC(C5)C3C(=O)O)C4)c(=O)c2Cl)cc(C(=O)OC)c1. The zero-order valence-corrected chi connectivity index (χ0v) is 20.6. The number of carboxylic acid groups (broad SMARTS) is 1. The lowest BCUT2D eigenvalue weighted by atomic mass is 9.48. The number of nitrogens with zero attached hydrogens (tertiary/aromatic N) is 2. The number of methoxy groups -OCH3 is 2. The second-order valence-corrected chi connectivity index (χ2v) is 10.4. The number of aromatic nitrogens is 2. The molecule has 190 valence electrons. The summed E-state index contributed by atoms with van der Waals surface area (Å²) in [6.45, 7) is 0. The Labute approximate surface area is 211 Å². The highest BCUT2D eigenvalue weighted by Crippen LogP contribution is 2.61. The van der Waals surface area contributed by atoms with Crippen molar-refractivity contribution in [3.8, 4) is 0 Å². The van der Waals surface area contributed by atoms with Crippen LogP contribution in [-0.4, -0.2) is 47.0 Å². The van der Waals surface area contributed by atoms with E-state index in [9.17, 15) is 24.3 Å². The average molecular weight is 516 g/mol. The number of anilines is 2. The second-order valence-electron chi connectivity index (χ2n) is 10.0. The molecule has 1 aromatic carbocycles. The molecule has 0 spiro atoms. The minimum Gasteiger partial charge on any atom is -0.481 e. The molecule has 10 nitrogen and oxygen atoms in total. The third-order valence-corrected chi connectivity index (χ3v) is 8.30. The van der Waals surface area contributed by atoms with Gasteiger partial charge in [-0.05, 0) is 68.1 Å². The summed E-state index contributed by atoms with van der Waals surface area (Å²) < 4.78 is 10.8. The largest absolute Gasteiger partial charge is 0.481 e. The number of ether oxygens (including phenoxy) is 2. The Kier molecular flexibility index (Phi) is 6.02. The van der Waals surface area contributed by atoms with E-state index in [0.29, 0.717) is 24.7 Å². The maximum absolute atomic E-state index is 13.5. The van der Waals surface area contributed by atoms with Gasteiger partial charge in [0.05, 0.1) is 48.7 Å². The van der Waals surface area contributed by atoms with Crippen LogP contribution in [-0.2, 0) is 19.8 Å². The number of carboxylic acids is 1. The van der Waals surface area contributed by atoms with Gasteiger partial charge in [-0.1, -0.05) is 11.6 Å². The number of rotatable bonds is 6. The highest BCUT2D eigenvalue weighted by molar-refractivity contribution is 6.33. The number of halogens is 1. The third kappa shape index (κ3) is 3.84. The predicted molar refractivity (Wildman–Crippen MR) is 129 cm³/mol. The molecule has 1 heterocycles. The Bertz CT molecular complexity index is 1270. The molecule has 0 saturated heterocycles. The van der Waals surface area contributed by atoms with Crippen molar-refractivity contribution in [2.24, 2.45) is 23.7 Å². The topological polar surface area (TPSA) is 137 Å². The molecule has 11 heteroatoms. The minimum atomic E-state index is -0.902. The number of carbonyl (C=O) groups excluding carboxylic acids is 2. The van der Waals surface area contributed by atoms with E-state index in [1.54, 1.807) is 0 Å². The number of carbonyl (C=O) groups is 3. The van der Waals surface area contributed by atoms with Gasteiger partial charge >= 0.3 is 17.9 Å². The highest BCUT2D eigenvalue weighted by atomic mass is 35.5. The van der Waals surface area contributed by atoms with Crippen molar-refractivity contribution in [2.45, 2.75) is 37.6 Å². The van der Waals surface area contributed by atoms with E-state index in [1.807, 2.05) is 0 Å². The maximum atomic E-state index is 13.5. The summed E-state index contributed by atoms with van der Waals surface area (Å²) in [5, 5.41) is 17.3. The van der Waals surface area contributed by atoms with Crippen LogP contribution in [0.2, 0.25) is 5.02 Å². The van der Waals surface area contributed by atoms with Crippen LogP contribution in [0.1, 0.15) is 52.8 Å². The zero-order valence-electron chi connectivity index (χ0n) is 19.8. The van der Waals surface area contributed by atoms with E-state index in [-0.39, 0.29) is 33.4 Å². The Morgan fingerprint density at radius 2 is 1.64 bits per heavy atom. The fraction of sp³-hybridized carbons (Fsp3) is 0.480. The molecule has 3 unspecified atom stereocenters. The summed E-state index contributed by atoms with van der Waals surface area (Å²) in [7, 11) is 2.44. The summed E-state index contributed by atoms with van der Waals surface area (Å²) in [4.78, 5) is 50.0. The number of nitrogens with one attached hydrogen (secondary N) is 1. The first-order chi connectivity index (χ1) is 17.2. The zero-order chi connectivity index (χ0) is 25.8. The molecule has 2 aromatic rings. The van der Waals surface area contributed by atoms with Gasteiger partial charge in [-0.2, -0.15) is 5.10 Å². The first kappa shape index (κ1) is 24.3. The van der Waals surface area contributed by atoms with Crippen molar-refractivity contribution < 1.29 is 29.0 Å². The van der Waals surface area contributed by atoms with E-state index in [0.717, 1.165) is 19.3 Å². The van der Waals surface area contributed by atoms with Crippen LogP contribution in [0.5, 0.6) is 0 Å². The van der Waals surface area contributed by atoms with Crippen molar-refractivity contribution in [1.29, 1.82) is 0 Å². The molecule has 2 N–H and O–H groups in total. The van der Waals surface area contributed by atoms with Crippen molar-refractivity contribution in [2.75, 3.05) is 19.5 Å². The lowest BCUT2D eigenvalue weighted by Gasteiger charge is -2.59. The molecule has 4 bridgehead atoms. The molecule has 4 aliphatic carbocycles. The summed E-state index contributed by atoms with van der Waals surface area (Å²) in [5.74, 6) is -2.14. The molecule has 3 atom stereocenters. The fourth-order valence-electron chi connectivity index (χ4n) is 6.90. The van der Waals surface area contributed by atoms with Gasteiger partial charge in [-0.15, -0.1) is 0 Å². The number of benzene rings is 1. The van der Waals surface area contributed by atoms with E-state index in [2.05, 4.69) is 10.4 Å². The minimum absolute atomic E-state index is 0.0248. The van der Waals surface area contributed by atoms with Crippen LogP contribution >= 0.6 is 11.6 Å². The molecule has 0 radical (unpaired) electrons. The van der Waals surface area contributed by atoms with Gasteiger partial charge in [0.2, 0.25) is 0 Å². The van der Waals surface area contributed by atoms with Gasteiger partial charge in [0.15, 0.2) is 0 Å². The van der Waals surface area contributed by atoms with Gasteiger partial charge in [-0.25, -0.2) is 14.3 Å². The normalized spacial score (nSPS) is 28.0. The smallest absolute Gasteiger partial charge is 0.337 e. The van der Waals surface area contributed by atoms with Gasteiger partial charge in [0.25, 0.3) is 5.56 Å². The van der Waals surface area contributed by atoms with Gasteiger partial charge in [0.1, 0.15) is 5.02 Å². The van der Waals surface area contributed by atoms with Crippen LogP contribution in [0.3, 0.4) is 0 Å². The molecular weight excluding hydrogens is 490 g/mol. The quantitative estimate of drug-likeness (QED) is 0.554. The molecule has 4 saturated carbocycles. The summed E-state index contributed by atoms with van der Waals surface area (Å²) in [5.41, 5.74) is -0.837. The number of hydrogen-bond donors (Lipinski definition) is 2. The summed E-state index contributed by atoms with van der Waals surface area (Å²) in [6.07, 6.45) is 5.37. The first-order valence-corrected chi connectivity index (χ1v) is 12.1. The maximum Gasteiger partial charge on any atom is 0.337 e. The first-order valence-electron chi connectivity index (χ1n) is 11.8. The van der Waals surface area contributed by atoms with Crippen LogP contribution in [0.15, 0.2) is 29.2 Å². The van der Waals surface area contributed by atoms with Crippen molar-refractivity contribution in [3.63, 3.8) is 0 Å².